The van der Waals surface area contributed by atoms with Gasteiger partial charge in [0.05, 0.1) is 6.54 Å². The smallest absolute Gasteiger partial charge is 0.246 e. The molecular weight excluding hydrogens is 342 g/mol. The van der Waals surface area contributed by atoms with Crippen molar-refractivity contribution in [2.45, 2.75) is 39.3 Å². The summed E-state index contributed by atoms with van der Waals surface area (Å²) in [5, 5.41) is 12.8. The maximum Gasteiger partial charge on any atom is 0.246 e. The summed E-state index contributed by atoms with van der Waals surface area (Å²) in [6.45, 7) is 4.70. The number of fused-ring (bicyclic) bond motifs is 1. The van der Waals surface area contributed by atoms with E-state index >= 15 is 0 Å². The molecule has 0 aliphatic carbocycles. The highest BCUT2D eigenvalue weighted by molar-refractivity contribution is 5.82. The molecule has 0 unspecified atom stereocenters. The molecule has 27 heavy (non-hydrogen) atoms. The Labute approximate surface area is 158 Å². The number of hydrogen-bond acceptors (Lipinski definition) is 5. The van der Waals surface area contributed by atoms with E-state index in [9.17, 15) is 4.79 Å². The molecule has 0 spiro atoms. The van der Waals surface area contributed by atoms with Crippen molar-refractivity contribution in [1.29, 1.82) is 0 Å². The van der Waals surface area contributed by atoms with Crippen molar-refractivity contribution >= 4 is 5.91 Å². The Balaban J connectivity index is 1.73. The Morgan fingerprint density at radius 2 is 2.00 bits per heavy atom. The maximum atomic E-state index is 12.9. The van der Waals surface area contributed by atoms with Crippen LogP contribution in [0.3, 0.4) is 0 Å². The fraction of sp³-hybridized carbons (Fsp3) is 0.400. The highest BCUT2D eigenvalue weighted by Crippen LogP contribution is 2.30. The first-order valence-electron chi connectivity index (χ1n) is 9.21. The zero-order chi connectivity index (χ0) is 19.0. The summed E-state index contributed by atoms with van der Waals surface area (Å²) < 4.78 is 7.39. The molecule has 1 aliphatic rings. The van der Waals surface area contributed by atoms with E-state index in [0.717, 1.165) is 23.6 Å². The minimum atomic E-state index is -0.392. The molecule has 3 aromatic rings. The zero-order valence-corrected chi connectivity index (χ0v) is 15.8. The van der Waals surface area contributed by atoms with Gasteiger partial charge in [-0.2, -0.15) is 0 Å². The number of carbonyl (C=O) groups excluding carboxylic acids is 1. The molecule has 1 aromatic carbocycles. The van der Waals surface area contributed by atoms with Gasteiger partial charge >= 0.3 is 0 Å². The van der Waals surface area contributed by atoms with Gasteiger partial charge in [0.2, 0.25) is 5.91 Å². The van der Waals surface area contributed by atoms with E-state index < -0.39 is 6.04 Å². The molecule has 4 rings (SSSR count). The first-order chi connectivity index (χ1) is 13.0. The predicted octanol–water partition coefficient (Wildman–Crippen LogP) is 2.89. The van der Waals surface area contributed by atoms with Crippen molar-refractivity contribution in [2.24, 2.45) is 5.92 Å². The molecule has 1 aliphatic heterocycles. The van der Waals surface area contributed by atoms with Gasteiger partial charge in [0, 0.05) is 26.0 Å². The molecule has 2 aromatic heterocycles. The third kappa shape index (κ3) is 3.37. The SMILES string of the molecule is CC(C)Cc1cc(-c2nnc3n2[C@H](Cc2ccccc2)C(=O)N(C)C3)no1. The van der Waals surface area contributed by atoms with Crippen LogP contribution in [0.25, 0.3) is 11.5 Å². The molecule has 0 saturated heterocycles. The third-order valence-electron chi connectivity index (χ3n) is 4.79. The quantitative estimate of drug-likeness (QED) is 0.695. The minimum absolute atomic E-state index is 0.0540. The average Bonchev–Trinajstić information content (AvgIpc) is 3.26. The van der Waals surface area contributed by atoms with Crippen LogP contribution < -0.4 is 0 Å². The molecule has 0 radical (unpaired) electrons. The molecule has 7 heteroatoms. The summed E-state index contributed by atoms with van der Waals surface area (Å²) in [5.74, 6) is 2.70. The second-order valence-corrected chi connectivity index (χ2v) is 7.49. The lowest BCUT2D eigenvalue weighted by Crippen LogP contribution is -2.41. The van der Waals surface area contributed by atoms with Crippen LogP contribution in [-0.4, -0.2) is 37.8 Å². The van der Waals surface area contributed by atoms with Crippen molar-refractivity contribution in [3.63, 3.8) is 0 Å². The second kappa shape index (κ2) is 6.98. The van der Waals surface area contributed by atoms with Crippen LogP contribution in [-0.2, 0) is 24.2 Å². The Hall–Kier alpha value is -2.96. The van der Waals surface area contributed by atoms with Crippen LogP contribution in [0, 0.1) is 5.92 Å². The standard InChI is InChI=1S/C20H23N5O2/c1-13(2)9-15-11-16(23-27-15)19-22-21-18-12-24(3)20(26)17(25(18)19)10-14-7-5-4-6-8-14/h4-8,11,13,17H,9-10,12H2,1-3H3/t17-/m1/s1. The Bertz CT molecular complexity index is 944. The summed E-state index contributed by atoms with van der Waals surface area (Å²) in [6, 6.07) is 11.5. The molecule has 140 valence electrons. The average molecular weight is 365 g/mol. The topological polar surface area (TPSA) is 77.1 Å². The lowest BCUT2D eigenvalue weighted by molar-refractivity contribution is -0.135. The summed E-state index contributed by atoms with van der Waals surface area (Å²) in [5.41, 5.74) is 1.72. The van der Waals surface area contributed by atoms with E-state index in [1.165, 1.54) is 0 Å². The van der Waals surface area contributed by atoms with Crippen LogP contribution >= 0.6 is 0 Å². The number of amides is 1. The van der Waals surface area contributed by atoms with Crippen LogP contribution in [0.2, 0.25) is 0 Å². The molecule has 0 fully saturated rings. The van der Waals surface area contributed by atoms with Gasteiger partial charge < -0.3 is 9.42 Å². The van der Waals surface area contributed by atoms with Crippen LogP contribution in [0.15, 0.2) is 40.9 Å². The van der Waals surface area contributed by atoms with Gasteiger partial charge in [0.15, 0.2) is 17.3 Å². The van der Waals surface area contributed by atoms with E-state index in [1.807, 2.05) is 41.0 Å². The Kier molecular flexibility index (Phi) is 4.51. The maximum absolute atomic E-state index is 12.9. The Morgan fingerprint density at radius 1 is 1.22 bits per heavy atom. The van der Waals surface area contributed by atoms with Crippen LogP contribution in [0.5, 0.6) is 0 Å². The van der Waals surface area contributed by atoms with Gasteiger partial charge in [-0.3, -0.25) is 9.36 Å². The van der Waals surface area contributed by atoms with Gasteiger partial charge in [0.1, 0.15) is 11.8 Å². The zero-order valence-electron chi connectivity index (χ0n) is 15.8. The van der Waals surface area contributed by atoms with Crippen molar-refractivity contribution < 1.29 is 9.32 Å². The predicted molar refractivity (Wildman–Crippen MR) is 99.7 cm³/mol. The number of benzene rings is 1. The molecule has 1 atom stereocenters. The molecule has 7 nitrogen and oxygen atoms in total. The number of rotatable bonds is 5. The summed E-state index contributed by atoms with van der Waals surface area (Å²) in [7, 11) is 1.80. The highest BCUT2D eigenvalue weighted by Gasteiger charge is 2.35. The van der Waals surface area contributed by atoms with Crippen molar-refractivity contribution in [2.75, 3.05) is 7.05 Å². The summed E-state index contributed by atoms with van der Waals surface area (Å²) in [6.07, 6.45) is 1.39. The van der Waals surface area contributed by atoms with Crippen molar-refractivity contribution in [1.82, 2.24) is 24.8 Å². The number of aromatic nitrogens is 4. The number of carbonyl (C=O) groups is 1. The van der Waals surface area contributed by atoms with E-state index in [4.69, 9.17) is 4.52 Å². The van der Waals surface area contributed by atoms with Crippen LogP contribution in [0.1, 0.15) is 37.0 Å². The molecular formula is C20H23N5O2. The minimum Gasteiger partial charge on any atom is -0.361 e. The van der Waals surface area contributed by atoms with Gasteiger partial charge in [0.25, 0.3) is 0 Å². The Morgan fingerprint density at radius 3 is 2.74 bits per heavy atom. The van der Waals surface area contributed by atoms with E-state index in [2.05, 4.69) is 29.2 Å². The van der Waals surface area contributed by atoms with E-state index in [-0.39, 0.29) is 5.91 Å². The fourth-order valence-corrected chi connectivity index (χ4v) is 3.52. The number of hydrogen-bond donors (Lipinski definition) is 0. The molecule has 3 heterocycles. The number of nitrogens with zero attached hydrogens (tertiary/aromatic N) is 5. The van der Waals surface area contributed by atoms with Crippen molar-refractivity contribution in [3.8, 4) is 11.5 Å². The third-order valence-corrected chi connectivity index (χ3v) is 4.79. The first kappa shape index (κ1) is 17.5. The normalized spacial score (nSPS) is 16.8. The largest absolute Gasteiger partial charge is 0.361 e. The lowest BCUT2D eigenvalue weighted by atomic mass is 10.0. The lowest BCUT2D eigenvalue weighted by Gasteiger charge is -2.31. The molecule has 1 amide bonds. The van der Waals surface area contributed by atoms with Crippen molar-refractivity contribution in [3.05, 3.63) is 53.5 Å². The van der Waals surface area contributed by atoms with E-state index in [1.54, 1.807) is 11.9 Å². The number of likely N-dealkylation sites (N-methyl/N-ethyl adjacent to an activating group) is 1. The fourth-order valence-electron chi connectivity index (χ4n) is 3.52. The first-order valence-corrected chi connectivity index (χ1v) is 9.21. The van der Waals surface area contributed by atoms with E-state index in [0.29, 0.717) is 30.4 Å². The monoisotopic (exact) mass is 365 g/mol. The molecule has 0 N–H and O–H groups in total. The van der Waals surface area contributed by atoms with Gasteiger partial charge in [-0.1, -0.05) is 49.3 Å². The van der Waals surface area contributed by atoms with Gasteiger partial charge in [-0.05, 0) is 11.5 Å². The highest BCUT2D eigenvalue weighted by atomic mass is 16.5. The molecule has 0 saturated carbocycles. The van der Waals surface area contributed by atoms with Gasteiger partial charge in [-0.25, -0.2) is 0 Å². The van der Waals surface area contributed by atoms with Crippen LogP contribution in [0.4, 0.5) is 0 Å². The second-order valence-electron chi connectivity index (χ2n) is 7.49. The van der Waals surface area contributed by atoms with Gasteiger partial charge in [-0.15, -0.1) is 10.2 Å². The molecule has 0 bridgehead atoms. The summed E-state index contributed by atoms with van der Waals surface area (Å²) >= 11 is 0. The summed E-state index contributed by atoms with van der Waals surface area (Å²) in [4.78, 5) is 14.6.